The molecule has 106 valence electrons. The van der Waals surface area contributed by atoms with Crippen LogP contribution in [-0.4, -0.2) is 11.5 Å². The maximum atomic E-state index is 4.30. The van der Waals surface area contributed by atoms with Crippen LogP contribution in [0.2, 0.25) is 0 Å². The summed E-state index contributed by atoms with van der Waals surface area (Å²) >= 11 is 3.58. The average molecular weight is 333 g/mol. The van der Waals surface area contributed by atoms with Crippen molar-refractivity contribution < 1.29 is 0 Å². The summed E-state index contributed by atoms with van der Waals surface area (Å²) in [4.78, 5) is 4.30. The van der Waals surface area contributed by atoms with Crippen LogP contribution in [0.15, 0.2) is 41.1 Å². The van der Waals surface area contributed by atoms with E-state index >= 15 is 0 Å². The predicted octanol–water partition coefficient (Wildman–Crippen LogP) is 4.55. The Bertz CT molecular complexity index is 581. The minimum absolute atomic E-state index is 0.196. The number of halogens is 1. The fraction of sp³-hybridized carbons (Fsp3) is 0.353. The van der Waals surface area contributed by atoms with Gasteiger partial charge in [0.05, 0.1) is 6.04 Å². The Hall–Kier alpha value is -1.19. The Morgan fingerprint density at radius 2 is 1.90 bits per heavy atom. The summed E-state index contributed by atoms with van der Waals surface area (Å²) in [5, 5.41) is 3.65. The van der Waals surface area contributed by atoms with Crippen LogP contribution in [-0.2, 0) is 0 Å². The van der Waals surface area contributed by atoms with Gasteiger partial charge in [0.1, 0.15) is 0 Å². The second-order valence-corrected chi connectivity index (χ2v) is 6.04. The average Bonchev–Trinajstić information content (AvgIpc) is 2.44. The number of hydrogen-bond donors (Lipinski definition) is 1. The molecule has 0 saturated heterocycles. The van der Waals surface area contributed by atoms with E-state index in [0.717, 1.165) is 17.4 Å². The first-order chi connectivity index (χ1) is 9.63. The van der Waals surface area contributed by atoms with Gasteiger partial charge in [0.15, 0.2) is 0 Å². The van der Waals surface area contributed by atoms with Crippen LogP contribution in [0.4, 0.5) is 0 Å². The molecule has 0 aliphatic heterocycles. The first kappa shape index (κ1) is 15.2. The van der Waals surface area contributed by atoms with E-state index in [1.54, 1.807) is 0 Å². The second kappa shape index (κ2) is 7.00. The number of rotatable bonds is 5. The van der Waals surface area contributed by atoms with Gasteiger partial charge >= 0.3 is 0 Å². The molecule has 0 amide bonds. The Morgan fingerprint density at radius 1 is 1.15 bits per heavy atom. The van der Waals surface area contributed by atoms with Gasteiger partial charge in [-0.2, -0.15) is 0 Å². The first-order valence-electron chi connectivity index (χ1n) is 7.03. The second-order valence-electron chi connectivity index (χ2n) is 5.12. The Morgan fingerprint density at radius 3 is 2.60 bits per heavy atom. The lowest BCUT2D eigenvalue weighted by Crippen LogP contribution is -2.24. The molecule has 1 heterocycles. The quantitative estimate of drug-likeness (QED) is 0.868. The number of nitrogens with one attached hydrogen (secondary N) is 1. The number of pyridine rings is 1. The SMILES string of the molecule is CCCNC(c1cnccc1C)c1cc(Br)ccc1C. The fourth-order valence-corrected chi connectivity index (χ4v) is 2.76. The van der Waals surface area contributed by atoms with Crippen LogP contribution in [0.5, 0.6) is 0 Å². The molecule has 1 aromatic heterocycles. The lowest BCUT2D eigenvalue weighted by Gasteiger charge is -2.23. The van der Waals surface area contributed by atoms with Crippen LogP contribution in [0.25, 0.3) is 0 Å². The van der Waals surface area contributed by atoms with Crippen molar-refractivity contribution in [1.82, 2.24) is 10.3 Å². The maximum absolute atomic E-state index is 4.30. The van der Waals surface area contributed by atoms with Gasteiger partial charge in [-0.3, -0.25) is 4.98 Å². The lowest BCUT2D eigenvalue weighted by atomic mass is 9.93. The van der Waals surface area contributed by atoms with E-state index in [1.165, 1.54) is 22.3 Å². The van der Waals surface area contributed by atoms with Crippen molar-refractivity contribution in [2.75, 3.05) is 6.54 Å². The summed E-state index contributed by atoms with van der Waals surface area (Å²) in [7, 11) is 0. The molecule has 3 heteroatoms. The molecule has 0 spiro atoms. The van der Waals surface area contributed by atoms with E-state index in [9.17, 15) is 0 Å². The molecule has 2 nitrogen and oxygen atoms in total. The number of aryl methyl sites for hydroxylation is 2. The third kappa shape index (κ3) is 3.47. The topological polar surface area (TPSA) is 24.9 Å². The zero-order chi connectivity index (χ0) is 14.5. The molecule has 1 atom stereocenters. The van der Waals surface area contributed by atoms with Gasteiger partial charge in [-0.15, -0.1) is 0 Å². The van der Waals surface area contributed by atoms with Crippen molar-refractivity contribution in [3.63, 3.8) is 0 Å². The molecule has 1 N–H and O–H groups in total. The zero-order valence-corrected chi connectivity index (χ0v) is 13.9. The van der Waals surface area contributed by atoms with Gasteiger partial charge < -0.3 is 5.32 Å². The number of benzene rings is 1. The van der Waals surface area contributed by atoms with Crippen LogP contribution < -0.4 is 5.32 Å². The third-order valence-electron chi connectivity index (χ3n) is 3.54. The molecule has 0 aliphatic carbocycles. The predicted molar refractivity (Wildman–Crippen MR) is 88.0 cm³/mol. The van der Waals surface area contributed by atoms with Crippen LogP contribution in [0.1, 0.15) is 41.6 Å². The monoisotopic (exact) mass is 332 g/mol. The largest absolute Gasteiger partial charge is 0.306 e. The summed E-state index contributed by atoms with van der Waals surface area (Å²) in [5.41, 5.74) is 5.13. The van der Waals surface area contributed by atoms with Gasteiger partial charge in [0, 0.05) is 16.9 Å². The molecule has 0 fully saturated rings. The molecule has 20 heavy (non-hydrogen) atoms. The summed E-state index contributed by atoms with van der Waals surface area (Å²) in [6.07, 6.45) is 4.94. The van der Waals surface area contributed by atoms with Gasteiger partial charge in [-0.05, 0) is 67.3 Å². The molecule has 1 unspecified atom stereocenters. The zero-order valence-electron chi connectivity index (χ0n) is 12.3. The van der Waals surface area contributed by atoms with E-state index in [1.807, 2.05) is 12.4 Å². The summed E-state index contributed by atoms with van der Waals surface area (Å²) in [6, 6.07) is 8.72. The smallest absolute Gasteiger partial charge is 0.0597 e. The molecule has 0 aliphatic rings. The Labute approximate surface area is 129 Å². The minimum Gasteiger partial charge on any atom is -0.306 e. The van der Waals surface area contributed by atoms with Gasteiger partial charge in [0.2, 0.25) is 0 Å². The number of nitrogens with zero attached hydrogens (tertiary/aromatic N) is 1. The van der Waals surface area contributed by atoms with E-state index in [-0.39, 0.29) is 6.04 Å². The normalized spacial score (nSPS) is 12.4. The first-order valence-corrected chi connectivity index (χ1v) is 7.82. The fourth-order valence-electron chi connectivity index (χ4n) is 2.38. The third-order valence-corrected chi connectivity index (χ3v) is 4.03. The van der Waals surface area contributed by atoms with E-state index in [4.69, 9.17) is 0 Å². The van der Waals surface area contributed by atoms with Crippen molar-refractivity contribution in [1.29, 1.82) is 0 Å². The van der Waals surface area contributed by atoms with Crippen LogP contribution in [0, 0.1) is 13.8 Å². The number of hydrogen-bond acceptors (Lipinski definition) is 2. The highest BCUT2D eigenvalue weighted by Gasteiger charge is 2.17. The van der Waals surface area contributed by atoms with E-state index in [2.05, 4.69) is 71.3 Å². The van der Waals surface area contributed by atoms with Crippen molar-refractivity contribution in [2.45, 2.75) is 33.2 Å². The van der Waals surface area contributed by atoms with Gasteiger partial charge in [-0.1, -0.05) is 28.9 Å². The van der Waals surface area contributed by atoms with Crippen molar-refractivity contribution in [2.24, 2.45) is 0 Å². The Kier molecular flexibility index (Phi) is 5.32. The van der Waals surface area contributed by atoms with Crippen molar-refractivity contribution in [3.05, 3.63) is 63.4 Å². The highest BCUT2D eigenvalue weighted by Crippen LogP contribution is 2.29. The minimum atomic E-state index is 0.196. The molecular formula is C17H21BrN2. The van der Waals surface area contributed by atoms with Crippen molar-refractivity contribution in [3.8, 4) is 0 Å². The molecule has 1 aromatic carbocycles. The molecule has 0 bridgehead atoms. The van der Waals surface area contributed by atoms with E-state index in [0.29, 0.717) is 0 Å². The molecule has 2 aromatic rings. The number of aromatic nitrogens is 1. The summed E-state index contributed by atoms with van der Waals surface area (Å²) in [5.74, 6) is 0. The highest BCUT2D eigenvalue weighted by atomic mass is 79.9. The van der Waals surface area contributed by atoms with E-state index < -0.39 is 0 Å². The van der Waals surface area contributed by atoms with Crippen LogP contribution >= 0.6 is 15.9 Å². The molecule has 0 radical (unpaired) electrons. The summed E-state index contributed by atoms with van der Waals surface area (Å²) in [6.45, 7) is 7.48. The summed E-state index contributed by atoms with van der Waals surface area (Å²) < 4.78 is 1.11. The molecule has 2 rings (SSSR count). The lowest BCUT2D eigenvalue weighted by molar-refractivity contribution is 0.592. The van der Waals surface area contributed by atoms with Gasteiger partial charge in [-0.25, -0.2) is 0 Å². The maximum Gasteiger partial charge on any atom is 0.0597 e. The van der Waals surface area contributed by atoms with Gasteiger partial charge in [0.25, 0.3) is 0 Å². The molecule has 0 saturated carbocycles. The molecular weight excluding hydrogens is 312 g/mol. The Balaban J connectivity index is 2.47. The highest BCUT2D eigenvalue weighted by molar-refractivity contribution is 9.10. The van der Waals surface area contributed by atoms with Crippen molar-refractivity contribution >= 4 is 15.9 Å². The van der Waals surface area contributed by atoms with Crippen LogP contribution in [0.3, 0.4) is 0 Å². The standard InChI is InChI=1S/C17H21BrN2/c1-4-8-20-17(16-11-19-9-7-13(16)3)15-10-14(18)6-5-12(15)2/h5-7,9-11,17,20H,4,8H2,1-3H3.